The number of aliphatic hydroxyl groups excluding tert-OH is 1. The van der Waals surface area contributed by atoms with Crippen LogP contribution in [0.3, 0.4) is 0 Å². The van der Waals surface area contributed by atoms with Gasteiger partial charge in [-0.05, 0) is 24.9 Å². The van der Waals surface area contributed by atoms with Crippen molar-refractivity contribution >= 4 is 0 Å². The maximum Gasteiger partial charge on any atom is 0.573 e. The Bertz CT molecular complexity index is 382. The Labute approximate surface area is 110 Å². The Kier molecular flexibility index (Phi) is 6.11. The number of aliphatic hydroxyl groups is 1. The van der Waals surface area contributed by atoms with Crippen LogP contribution in [-0.2, 0) is 6.54 Å². The monoisotopic (exact) mass is 277 g/mol. The molecule has 1 rings (SSSR count). The molecule has 3 nitrogen and oxygen atoms in total. The van der Waals surface area contributed by atoms with Crippen molar-refractivity contribution in [2.75, 3.05) is 13.2 Å². The van der Waals surface area contributed by atoms with E-state index in [1.165, 1.54) is 12.1 Å². The van der Waals surface area contributed by atoms with Crippen molar-refractivity contribution in [2.24, 2.45) is 5.92 Å². The lowest BCUT2D eigenvalue weighted by Crippen LogP contribution is -2.23. The van der Waals surface area contributed by atoms with E-state index in [-0.39, 0.29) is 18.3 Å². The highest BCUT2D eigenvalue weighted by Crippen LogP contribution is 2.26. The molecule has 0 radical (unpaired) electrons. The molecule has 0 aliphatic carbocycles. The van der Waals surface area contributed by atoms with Gasteiger partial charge in [0.15, 0.2) is 0 Å². The average Bonchev–Trinajstić information content (AvgIpc) is 2.30. The predicted molar refractivity (Wildman–Crippen MR) is 65.7 cm³/mol. The smallest absolute Gasteiger partial charge is 0.405 e. The molecule has 0 amide bonds. The third-order valence-corrected chi connectivity index (χ3v) is 2.63. The molecule has 0 aromatic heterocycles. The van der Waals surface area contributed by atoms with Crippen molar-refractivity contribution < 1.29 is 23.0 Å². The topological polar surface area (TPSA) is 41.5 Å². The summed E-state index contributed by atoms with van der Waals surface area (Å²) in [5.74, 6) is 0.0815. The number of hydrogen-bond donors (Lipinski definition) is 2. The van der Waals surface area contributed by atoms with Crippen LogP contribution < -0.4 is 10.1 Å². The fraction of sp³-hybridized carbons (Fsp3) is 0.538. The van der Waals surface area contributed by atoms with Gasteiger partial charge < -0.3 is 15.2 Å². The summed E-state index contributed by atoms with van der Waals surface area (Å²) in [5, 5.41) is 11.8. The molecular weight excluding hydrogens is 259 g/mol. The number of alkyl halides is 3. The molecule has 6 heteroatoms. The minimum Gasteiger partial charge on any atom is -0.405 e. The highest BCUT2D eigenvalue weighted by Gasteiger charge is 2.31. The Morgan fingerprint density at radius 1 is 1.32 bits per heavy atom. The van der Waals surface area contributed by atoms with Gasteiger partial charge >= 0.3 is 6.36 Å². The molecule has 0 heterocycles. The van der Waals surface area contributed by atoms with Crippen LogP contribution in [0.2, 0.25) is 0 Å². The highest BCUT2D eigenvalue weighted by atomic mass is 19.4. The number of hydrogen-bond acceptors (Lipinski definition) is 3. The summed E-state index contributed by atoms with van der Waals surface area (Å²) in [7, 11) is 0. The van der Waals surface area contributed by atoms with Crippen LogP contribution in [-0.4, -0.2) is 24.6 Å². The van der Waals surface area contributed by atoms with E-state index in [0.717, 1.165) is 0 Å². The Balaban J connectivity index is 2.53. The summed E-state index contributed by atoms with van der Waals surface area (Å²) in [4.78, 5) is 0. The molecule has 108 valence electrons. The summed E-state index contributed by atoms with van der Waals surface area (Å²) in [6, 6.07) is 6.04. The quantitative estimate of drug-likeness (QED) is 0.805. The third kappa shape index (κ3) is 6.45. The second-order valence-corrected chi connectivity index (χ2v) is 4.40. The van der Waals surface area contributed by atoms with E-state index in [2.05, 4.69) is 10.1 Å². The molecule has 0 aliphatic heterocycles. The summed E-state index contributed by atoms with van der Waals surface area (Å²) in [6.07, 6.45) is -4.02. The van der Waals surface area contributed by atoms with Crippen molar-refractivity contribution in [3.8, 4) is 5.75 Å². The minimum absolute atomic E-state index is 0.108. The van der Waals surface area contributed by atoms with Crippen molar-refractivity contribution in [1.29, 1.82) is 0 Å². The Hall–Kier alpha value is -1.27. The van der Waals surface area contributed by atoms with Gasteiger partial charge in [-0.2, -0.15) is 0 Å². The summed E-state index contributed by atoms with van der Waals surface area (Å²) in [6.45, 7) is 2.99. The second kappa shape index (κ2) is 7.35. The highest BCUT2D eigenvalue weighted by molar-refractivity contribution is 5.33. The molecule has 0 spiro atoms. The van der Waals surface area contributed by atoms with Gasteiger partial charge in [-0.1, -0.05) is 25.1 Å². The normalized spacial score (nSPS) is 13.3. The van der Waals surface area contributed by atoms with Crippen LogP contribution in [0.15, 0.2) is 24.3 Å². The lowest BCUT2D eigenvalue weighted by Gasteiger charge is -2.15. The van der Waals surface area contributed by atoms with Gasteiger partial charge in [0.1, 0.15) is 5.75 Å². The zero-order chi connectivity index (χ0) is 14.3. The number of para-hydroxylation sites is 1. The van der Waals surface area contributed by atoms with Crippen LogP contribution >= 0.6 is 0 Å². The van der Waals surface area contributed by atoms with E-state index in [0.29, 0.717) is 25.1 Å². The second-order valence-electron chi connectivity index (χ2n) is 4.40. The Morgan fingerprint density at radius 3 is 2.63 bits per heavy atom. The molecule has 19 heavy (non-hydrogen) atoms. The van der Waals surface area contributed by atoms with Crippen molar-refractivity contribution in [3.05, 3.63) is 29.8 Å². The summed E-state index contributed by atoms with van der Waals surface area (Å²) < 4.78 is 40.6. The molecule has 1 atom stereocenters. The molecular formula is C13H18F3NO2. The summed E-state index contributed by atoms with van der Waals surface area (Å²) >= 11 is 0. The first-order valence-electron chi connectivity index (χ1n) is 6.07. The fourth-order valence-corrected chi connectivity index (χ4v) is 1.65. The third-order valence-electron chi connectivity index (χ3n) is 2.63. The lowest BCUT2D eigenvalue weighted by atomic mass is 10.1. The van der Waals surface area contributed by atoms with E-state index in [1.54, 1.807) is 12.1 Å². The Morgan fingerprint density at radius 2 is 2.00 bits per heavy atom. The number of halogens is 3. The largest absolute Gasteiger partial charge is 0.573 e. The maximum atomic E-state index is 12.2. The minimum atomic E-state index is -4.68. The first kappa shape index (κ1) is 15.8. The van der Waals surface area contributed by atoms with Gasteiger partial charge in [0.2, 0.25) is 0 Å². The van der Waals surface area contributed by atoms with Crippen LogP contribution in [0.1, 0.15) is 18.9 Å². The van der Waals surface area contributed by atoms with Crippen molar-refractivity contribution in [3.63, 3.8) is 0 Å². The van der Waals surface area contributed by atoms with E-state index < -0.39 is 6.36 Å². The molecule has 0 saturated carbocycles. The SMILES string of the molecule is CC(CCO)CNCc1ccccc1OC(F)(F)F. The van der Waals surface area contributed by atoms with E-state index in [4.69, 9.17) is 5.11 Å². The maximum absolute atomic E-state index is 12.2. The standard InChI is InChI=1S/C13H18F3NO2/c1-10(6-7-18)8-17-9-11-4-2-3-5-12(11)19-13(14,15)16/h2-5,10,17-18H,6-9H2,1H3. The van der Waals surface area contributed by atoms with Crippen LogP contribution in [0, 0.1) is 5.92 Å². The van der Waals surface area contributed by atoms with Gasteiger partial charge in [0, 0.05) is 18.7 Å². The van der Waals surface area contributed by atoms with Crippen LogP contribution in [0.4, 0.5) is 13.2 Å². The fourth-order valence-electron chi connectivity index (χ4n) is 1.65. The molecule has 2 N–H and O–H groups in total. The van der Waals surface area contributed by atoms with E-state index in [1.807, 2.05) is 6.92 Å². The number of ether oxygens (including phenoxy) is 1. The first-order chi connectivity index (χ1) is 8.92. The van der Waals surface area contributed by atoms with Crippen molar-refractivity contribution in [2.45, 2.75) is 26.3 Å². The molecule has 0 saturated heterocycles. The van der Waals surface area contributed by atoms with Gasteiger partial charge in [-0.3, -0.25) is 0 Å². The average molecular weight is 277 g/mol. The van der Waals surface area contributed by atoms with Gasteiger partial charge in [0.25, 0.3) is 0 Å². The summed E-state index contributed by atoms with van der Waals surface area (Å²) in [5.41, 5.74) is 0.455. The van der Waals surface area contributed by atoms with Crippen LogP contribution in [0.5, 0.6) is 5.75 Å². The van der Waals surface area contributed by atoms with Crippen molar-refractivity contribution in [1.82, 2.24) is 5.32 Å². The van der Waals surface area contributed by atoms with E-state index >= 15 is 0 Å². The molecule has 0 bridgehead atoms. The van der Waals surface area contributed by atoms with Gasteiger partial charge in [-0.15, -0.1) is 13.2 Å². The zero-order valence-corrected chi connectivity index (χ0v) is 10.7. The number of rotatable bonds is 7. The number of benzene rings is 1. The molecule has 0 fully saturated rings. The zero-order valence-electron chi connectivity index (χ0n) is 10.7. The van der Waals surface area contributed by atoms with Gasteiger partial charge in [0.05, 0.1) is 0 Å². The van der Waals surface area contributed by atoms with Gasteiger partial charge in [-0.25, -0.2) is 0 Å². The predicted octanol–water partition coefficient (Wildman–Crippen LogP) is 2.69. The number of nitrogens with one attached hydrogen (secondary N) is 1. The molecule has 0 aliphatic rings. The molecule has 1 unspecified atom stereocenters. The molecule has 1 aromatic rings. The molecule has 1 aromatic carbocycles. The lowest BCUT2D eigenvalue weighted by molar-refractivity contribution is -0.274. The van der Waals surface area contributed by atoms with Crippen LogP contribution in [0.25, 0.3) is 0 Å². The van der Waals surface area contributed by atoms with E-state index in [9.17, 15) is 13.2 Å². The first-order valence-corrected chi connectivity index (χ1v) is 6.07.